The Morgan fingerprint density at radius 3 is 2.16 bits per heavy atom. The van der Waals surface area contributed by atoms with E-state index in [0.717, 1.165) is 11.3 Å². The second-order valence-electron chi connectivity index (χ2n) is 10.0. The van der Waals surface area contributed by atoms with E-state index in [1.54, 1.807) is 24.3 Å². The second-order valence-corrected chi connectivity index (χ2v) is 10.0. The van der Waals surface area contributed by atoms with Gasteiger partial charge in [-0.2, -0.15) is 15.0 Å². The van der Waals surface area contributed by atoms with Gasteiger partial charge in [0.15, 0.2) is 0 Å². The van der Waals surface area contributed by atoms with Gasteiger partial charge in [0, 0.05) is 75.7 Å². The first-order valence-electron chi connectivity index (χ1n) is 14.8. The lowest BCUT2D eigenvalue weighted by Gasteiger charge is -2.36. The number of nitrogens with two attached hydrogens (primary N) is 1. The van der Waals surface area contributed by atoms with Gasteiger partial charge in [-0.3, -0.25) is 14.9 Å². The van der Waals surface area contributed by atoms with Crippen LogP contribution in [0.4, 0.5) is 29.2 Å². The lowest BCUT2D eigenvalue weighted by atomic mass is 10.1. The second kappa shape index (κ2) is 17.6. The zero-order valence-corrected chi connectivity index (χ0v) is 25.1. The summed E-state index contributed by atoms with van der Waals surface area (Å²) in [5, 5.41) is 29.3. The fourth-order valence-electron chi connectivity index (χ4n) is 4.48. The summed E-state index contributed by atoms with van der Waals surface area (Å²) in [6, 6.07) is 13.8. The average Bonchev–Trinajstić information content (AvgIpc) is 3.07. The van der Waals surface area contributed by atoms with Crippen molar-refractivity contribution in [1.82, 2.24) is 20.3 Å². The number of ether oxygens (including phenoxy) is 2. The number of amides is 1. The van der Waals surface area contributed by atoms with Gasteiger partial charge in [0.25, 0.3) is 11.6 Å². The average molecular weight is 625 g/mol. The van der Waals surface area contributed by atoms with Gasteiger partial charge in [-0.15, -0.1) is 0 Å². The highest BCUT2D eigenvalue weighted by atomic mass is 16.6. The molecule has 6 N–H and O–H groups in total. The van der Waals surface area contributed by atoms with Gasteiger partial charge >= 0.3 is 0 Å². The maximum Gasteiger partial charge on any atom is 0.269 e. The molecule has 1 saturated heterocycles. The number of piperazine rings is 1. The Morgan fingerprint density at radius 1 is 0.867 bits per heavy atom. The van der Waals surface area contributed by atoms with Gasteiger partial charge in [0.1, 0.15) is 0 Å². The lowest BCUT2D eigenvalue weighted by Crippen LogP contribution is -2.47. The SMILES string of the molecule is NCCOCCOCCNC(=O)c1ccc(CNc2nc(NCCO)nc(N3CCN(c4ccc([N+](=O)[O-])cc4)CC3)n2)cc1. The fourth-order valence-corrected chi connectivity index (χ4v) is 4.48. The van der Waals surface area contributed by atoms with Crippen LogP contribution >= 0.6 is 0 Å². The minimum atomic E-state index is -0.409. The molecule has 16 heteroatoms. The van der Waals surface area contributed by atoms with Crippen LogP contribution in [0.15, 0.2) is 48.5 Å². The van der Waals surface area contributed by atoms with Crippen molar-refractivity contribution < 1.29 is 24.3 Å². The van der Waals surface area contributed by atoms with Crippen LogP contribution in [0.25, 0.3) is 0 Å². The molecule has 1 aliphatic rings. The highest BCUT2D eigenvalue weighted by molar-refractivity contribution is 5.94. The van der Waals surface area contributed by atoms with Crippen LogP contribution in [0.2, 0.25) is 0 Å². The van der Waals surface area contributed by atoms with Gasteiger partial charge < -0.3 is 46.1 Å². The van der Waals surface area contributed by atoms with Crippen molar-refractivity contribution in [2.75, 3.05) is 99.3 Å². The van der Waals surface area contributed by atoms with Gasteiger partial charge in [0.2, 0.25) is 17.8 Å². The number of anilines is 4. The molecule has 2 aromatic carbocycles. The molecule has 0 saturated carbocycles. The quantitative estimate of drug-likeness (QED) is 0.0756. The number of benzene rings is 2. The van der Waals surface area contributed by atoms with Gasteiger partial charge in [-0.1, -0.05) is 12.1 Å². The van der Waals surface area contributed by atoms with E-state index in [0.29, 0.717) is 95.6 Å². The van der Waals surface area contributed by atoms with Crippen molar-refractivity contribution >= 4 is 35.1 Å². The predicted octanol–water partition coefficient (Wildman–Crippen LogP) is 0.844. The monoisotopic (exact) mass is 624 g/mol. The molecule has 242 valence electrons. The number of nitrogens with zero attached hydrogens (tertiary/aromatic N) is 6. The van der Waals surface area contributed by atoms with Crippen molar-refractivity contribution in [3.05, 3.63) is 69.8 Å². The Kier molecular flexibility index (Phi) is 13.0. The van der Waals surface area contributed by atoms with Crippen LogP contribution in [0.5, 0.6) is 0 Å². The van der Waals surface area contributed by atoms with E-state index in [-0.39, 0.29) is 24.7 Å². The smallest absolute Gasteiger partial charge is 0.269 e. The number of aliphatic hydroxyl groups is 1. The molecule has 0 radical (unpaired) electrons. The van der Waals surface area contributed by atoms with E-state index in [4.69, 9.17) is 15.2 Å². The molecule has 1 aliphatic heterocycles. The first kappa shape index (κ1) is 33.3. The first-order valence-corrected chi connectivity index (χ1v) is 14.8. The highest BCUT2D eigenvalue weighted by Gasteiger charge is 2.21. The summed E-state index contributed by atoms with van der Waals surface area (Å²) < 4.78 is 10.7. The maximum absolute atomic E-state index is 12.5. The molecular weight excluding hydrogens is 584 g/mol. The number of nitro benzene ring substituents is 1. The summed E-state index contributed by atoms with van der Waals surface area (Å²) in [5.41, 5.74) is 7.80. The van der Waals surface area contributed by atoms with Crippen LogP contribution in [-0.2, 0) is 16.0 Å². The highest BCUT2D eigenvalue weighted by Crippen LogP contribution is 2.22. The standard InChI is InChI=1S/C29H40N10O6/c30-9-17-44-19-20-45-18-11-31-26(41)23-3-1-22(2-4-23)21-33-28-34-27(32-10-16-40)35-29(36-28)38-14-12-37(13-15-38)24-5-7-25(8-6-24)39(42)43/h1-8,40H,9-21,30H2,(H,31,41)(H2,32,33,34,35,36). The van der Waals surface area contributed by atoms with Crippen molar-refractivity contribution in [1.29, 1.82) is 0 Å². The summed E-state index contributed by atoms with van der Waals surface area (Å²) in [6.45, 7) is 5.93. The number of rotatable bonds is 18. The van der Waals surface area contributed by atoms with Crippen molar-refractivity contribution in [2.45, 2.75) is 6.54 Å². The van der Waals surface area contributed by atoms with Crippen LogP contribution in [0.1, 0.15) is 15.9 Å². The Hall–Kier alpha value is -4.64. The molecule has 45 heavy (non-hydrogen) atoms. The molecule has 1 aromatic heterocycles. The summed E-state index contributed by atoms with van der Waals surface area (Å²) in [7, 11) is 0. The van der Waals surface area contributed by atoms with Crippen LogP contribution < -0.4 is 31.5 Å². The Labute approximate surface area is 261 Å². The lowest BCUT2D eigenvalue weighted by molar-refractivity contribution is -0.384. The number of nitrogens with one attached hydrogen (secondary N) is 3. The summed E-state index contributed by atoms with van der Waals surface area (Å²) in [5.74, 6) is 1.02. The molecule has 0 bridgehead atoms. The summed E-state index contributed by atoms with van der Waals surface area (Å²) in [6.07, 6.45) is 0. The zero-order chi connectivity index (χ0) is 31.9. The molecule has 2 heterocycles. The van der Waals surface area contributed by atoms with Gasteiger partial charge in [0.05, 0.1) is 38.0 Å². The van der Waals surface area contributed by atoms with E-state index >= 15 is 0 Å². The van der Waals surface area contributed by atoms with Crippen LogP contribution in [-0.4, -0.2) is 110 Å². The summed E-state index contributed by atoms with van der Waals surface area (Å²) >= 11 is 0. The zero-order valence-electron chi connectivity index (χ0n) is 25.1. The van der Waals surface area contributed by atoms with Gasteiger partial charge in [-0.05, 0) is 29.8 Å². The molecule has 1 fully saturated rings. The number of hydrogen-bond donors (Lipinski definition) is 5. The maximum atomic E-state index is 12.5. The third-order valence-electron chi connectivity index (χ3n) is 6.84. The van der Waals surface area contributed by atoms with E-state index in [2.05, 4.69) is 35.8 Å². The van der Waals surface area contributed by atoms with Crippen molar-refractivity contribution in [3.8, 4) is 0 Å². The normalized spacial score (nSPS) is 13.0. The molecule has 4 rings (SSSR count). The minimum absolute atomic E-state index is 0.0605. The predicted molar refractivity (Wildman–Crippen MR) is 170 cm³/mol. The molecule has 3 aromatic rings. The van der Waals surface area contributed by atoms with Crippen molar-refractivity contribution in [3.63, 3.8) is 0 Å². The molecule has 0 aliphatic carbocycles. The summed E-state index contributed by atoms with van der Waals surface area (Å²) in [4.78, 5) is 40.8. The fraction of sp³-hybridized carbons (Fsp3) is 0.448. The number of non-ortho nitro benzene ring substituents is 1. The number of carbonyl (C=O) groups is 1. The van der Waals surface area contributed by atoms with E-state index < -0.39 is 4.92 Å². The van der Waals surface area contributed by atoms with E-state index in [9.17, 15) is 20.0 Å². The third-order valence-corrected chi connectivity index (χ3v) is 6.84. The van der Waals surface area contributed by atoms with E-state index in [1.165, 1.54) is 12.1 Å². The molecule has 0 spiro atoms. The number of hydrogen-bond acceptors (Lipinski definition) is 14. The number of aliphatic hydroxyl groups excluding tert-OH is 1. The first-order chi connectivity index (χ1) is 22.0. The molecule has 0 unspecified atom stereocenters. The van der Waals surface area contributed by atoms with Gasteiger partial charge in [-0.25, -0.2) is 0 Å². The largest absolute Gasteiger partial charge is 0.395 e. The number of nitro groups is 1. The van der Waals surface area contributed by atoms with Crippen molar-refractivity contribution in [2.24, 2.45) is 5.73 Å². The van der Waals surface area contributed by atoms with Crippen LogP contribution in [0.3, 0.4) is 0 Å². The minimum Gasteiger partial charge on any atom is -0.395 e. The Morgan fingerprint density at radius 2 is 1.51 bits per heavy atom. The van der Waals surface area contributed by atoms with Crippen LogP contribution in [0, 0.1) is 10.1 Å². The number of carbonyl (C=O) groups excluding carboxylic acids is 1. The molecule has 0 atom stereocenters. The Balaban J connectivity index is 1.29. The topological polar surface area (TPSA) is 206 Å². The molecular formula is C29H40N10O6. The molecule has 16 nitrogen and oxygen atoms in total. The van der Waals surface area contributed by atoms with E-state index in [1.807, 2.05) is 17.0 Å². The Bertz CT molecular complexity index is 1350. The third kappa shape index (κ3) is 10.5. The number of aromatic nitrogens is 3. The molecule has 1 amide bonds.